The van der Waals surface area contributed by atoms with Gasteiger partial charge < -0.3 is 15.2 Å². The highest BCUT2D eigenvalue weighted by atomic mass is 19.1. The molecule has 1 aromatic heterocycles. The average Bonchev–Trinajstić information content (AvgIpc) is 2.83. The number of rotatable bonds is 6. The molecule has 2 aromatic rings. The topological polar surface area (TPSA) is 76.4 Å². The number of carboxylic acids is 1. The van der Waals surface area contributed by atoms with E-state index in [0.717, 1.165) is 6.07 Å². The number of benzene rings is 1. The number of ether oxygens (including phenoxy) is 1. The predicted molar refractivity (Wildman–Crippen MR) is 70.7 cm³/mol. The Morgan fingerprint density at radius 3 is 2.95 bits per heavy atom. The van der Waals surface area contributed by atoms with E-state index in [-0.39, 0.29) is 5.56 Å². The van der Waals surface area contributed by atoms with Crippen molar-refractivity contribution in [2.24, 2.45) is 0 Å². The van der Waals surface area contributed by atoms with Crippen molar-refractivity contribution in [2.75, 3.05) is 19.0 Å². The van der Waals surface area contributed by atoms with Crippen molar-refractivity contribution in [2.45, 2.75) is 6.54 Å². The van der Waals surface area contributed by atoms with Gasteiger partial charge in [0.05, 0.1) is 30.6 Å². The van der Waals surface area contributed by atoms with Gasteiger partial charge in [0.15, 0.2) is 0 Å². The monoisotopic (exact) mass is 279 g/mol. The number of nitrogens with zero attached hydrogens (tertiary/aromatic N) is 2. The van der Waals surface area contributed by atoms with Crippen molar-refractivity contribution in [1.82, 2.24) is 9.78 Å². The molecule has 0 unspecified atom stereocenters. The molecule has 0 radical (unpaired) electrons. The molecule has 0 saturated heterocycles. The predicted octanol–water partition coefficient (Wildman–Crippen LogP) is 2.11. The Kier molecular flexibility index (Phi) is 4.31. The fourth-order valence-electron chi connectivity index (χ4n) is 1.67. The highest BCUT2D eigenvalue weighted by Gasteiger charge is 2.10. The Hall–Kier alpha value is -2.41. The summed E-state index contributed by atoms with van der Waals surface area (Å²) < 4.78 is 20.1. The van der Waals surface area contributed by atoms with Crippen LogP contribution in [0.2, 0.25) is 0 Å². The molecule has 1 aromatic carbocycles. The second kappa shape index (κ2) is 6.16. The van der Waals surface area contributed by atoms with Gasteiger partial charge in [0, 0.05) is 19.0 Å². The number of halogens is 1. The van der Waals surface area contributed by atoms with Gasteiger partial charge in [-0.15, -0.1) is 0 Å². The van der Waals surface area contributed by atoms with Crippen LogP contribution in [0, 0.1) is 5.82 Å². The first-order chi connectivity index (χ1) is 9.60. The summed E-state index contributed by atoms with van der Waals surface area (Å²) in [5.74, 6) is -2.07. The molecule has 20 heavy (non-hydrogen) atoms. The van der Waals surface area contributed by atoms with E-state index < -0.39 is 11.8 Å². The maximum Gasteiger partial charge on any atom is 0.338 e. The third-order valence-electron chi connectivity index (χ3n) is 2.65. The van der Waals surface area contributed by atoms with Crippen molar-refractivity contribution in [3.63, 3.8) is 0 Å². The minimum absolute atomic E-state index is 0.355. The van der Waals surface area contributed by atoms with E-state index in [1.165, 1.54) is 12.1 Å². The van der Waals surface area contributed by atoms with Gasteiger partial charge >= 0.3 is 5.97 Å². The van der Waals surface area contributed by atoms with Crippen LogP contribution in [0.15, 0.2) is 30.6 Å². The molecule has 2 N–H and O–H groups in total. The zero-order valence-corrected chi connectivity index (χ0v) is 10.8. The molecule has 0 aliphatic rings. The molecule has 0 amide bonds. The minimum atomic E-state index is -1.29. The first kappa shape index (κ1) is 14.0. The quantitative estimate of drug-likeness (QED) is 0.847. The molecule has 0 aliphatic carbocycles. The number of aromatic nitrogens is 2. The van der Waals surface area contributed by atoms with Gasteiger partial charge in [-0.1, -0.05) is 0 Å². The van der Waals surface area contributed by atoms with Crippen LogP contribution in [0.25, 0.3) is 0 Å². The van der Waals surface area contributed by atoms with Crippen molar-refractivity contribution in [3.05, 3.63) is 42.0 Å². The molecule has 2 rings (SSSR count). The lowest BCUT2D eigenvalue weighted by Gasteiger charge is -2.05. The summed E-state index contributed by atoms with van der Waals surface area (Å²) in [6.45, 7) is 1.16. The van der Waals surface area contributed by atoms with E-state index in [9.17, 15) is 9.18 Å². The standard InChI is InChI=1S/C13H14FN3O3/c1-20-5-4-17-8-10(7-15-17)16-9-2-3-11(13(18)19)12(14)6-9/h2-3,6-8,16H,4-5H2,1H3,(H,18,19). The SMILES string of the molecule is COCCn1cc(Nc2ccc(C(=O)O)c(F)c2)cn1. The summed E-state index contributed by atoms with van der Waals surface area (Å²) >= 11 is 0. The van der Waals surface area contributed by atoms with E-state index in [2.05, 4.69) is 10.4 Å². The van der Waals surface area contributed by atoms with Gasteiger partial charge in [0.2, 0.25) is 0 Å². The van der Waals surface area contributed by atoms with Gasteiger partial charge in [-0.3, -0.25) is 4.68 Å². The number of methoxy groups -OCH3 is 1. The smallest absolute Gasteiger partial charge is 0.338 e. The number of nitrogens with one attached hydrogen (secondary N) is 1. The van der Waals surface area contributed by atoms with Gasteiger partial charge in [-0.2, -0.15) is 5.10 Å². The van der Waals surface area contributed by atoms with Crippen LogP contribution in [0.1, 0.15) is 10.4 Å². The largest absolute Gasteiger partial charge is 0.478 e. The van der Waals surface area contributed by atoms with Crippen LogP contribution < -0.4 is 5.32 Å². The van der Waals surface area contributed by atoms with E-state index in [4.69, 9.17) is 9.84 Å². The van der Waals surface area contributed by atoms with Gasteiger partial charge in [0.25, 0.3) is 0 Å². The van der Waals surface area contributed by atoms with Crippen molar-refractivity contribution in [3.8, 4) is 0 Å². The lowest BCUT2D eigenvalue weighted by atomic mass is 10.2. The average molecular weight is 279 g/mol. The summed E-state index contributed by atoms with van der Waals surface area (Å²) in [5, 5.41) is 15.8. The van der Waals surface area contributed by atoms with Gasteiger partial charge in [-0.05, 0) is 18.2 Å². The highest BCUT2D eigenvalue weighted by molar-refractivity contribution is 5.88. The maximum atomic E-state index is 13.5. The molecule has 0 fully saturated rings. The Bertz CT molecular complexity index is 613. The second-order valence-electron chi connectivity index (χ2n) is 4.11. The second-order valence-corrected chi connectivity index (χ2v) is 4.11. The first-order valence-electron chi connectivity index (χ1n) is 5.91. The van der Waals surface area contributed by atoms with Gasteiger partial charge in [-0.25, -0.2) is 9.18 Å². The zero-order valence-electron chi connectivity index (χ0n) is 10.8. The van der Waals surface area contributed by atoms with Crippen LogP contribution >= 0.6 is 0 Å². The van der Waals surface area contributed by atoms with E-state index >= 15 is 0 Å². The van der Waals surface area contributed by atoms with Crippen LogP contribution in [-0.2, 0) is 11.3 Å². The van der Waals surface area contributed by atoms with Crippen LogP contribution in [-0.4, -0.2) is 34.6 Å². The molecular weight excluding hydrogens is 265 g/mol. The molecule has 0 atom stereocenters. The van der Waals surface area contributed by atoms with Crippen LogP contribution in [0.4, 0.5) is 15.8 Å². The molecule has 1 heterocycles. The summed E-state index contributed by atoms with van der Waals surface area (Å²) in [6.07, 6.45) is 3.35. The summed E-state index contributed by atoms with van der Waals surface area (Å²) in [6, 6.07) is 3.85. The zero-order chi connectivity index (χ0) is 14.5. The van der Waals surface area contributed by atoms with Crippen LogP contribution in [0.3, 0.4) is 0 Å². The third-order valence-corrected chi connectivity index (χ3v) is 2.65. The van der Waals surface area contributed by atoms with Crippen molar-refractivity contribution < 1.29 is 19.0 Å². The molecule has 0 spiro atoms. The normalized spacial score (nSPS) is 10.5. The highest BCUT2D eigenvalue weighted by Crippen LogP contribution is 2.19. The molecule has 0 aliphatic heterocycles. The number of carbonyl (C=O) groups is 1. The fraction of sp³-hybridized carbons (Fsp3) is 0.231. The summed E-state index contributed by atoms with van der Waals surface area (Å²) in [5.41, 5.74) is 0.786. The van der Waals surface area contributed by atoms with Crippen molar-refractivity contribution in [1.29, 1.82) is 0 Å². The summed E-state index contributed by atoms with van der Waals surface area (Å²) in [4.78, 5) is 10.7. The molecular formula is C13H14FN3O3. The summed E-state index contributed by atoms with van der Waals surface area (Å²) in [7, 11) is 1.61. The number of aromatic carboxylic acids is 1. The maximum absolute atomic E-state index is 13.5. The first-order valence-corrected chi connectivity index (χ1v) is 5.91. The lowest BCUT2D eigenvalue weighted by molar-refractivity contribution is 0.0692. The molecule has 6 nitrogen and oxygen atoms in total. The van der Waals surface area contributed by atoms with Crippen LogP contribution in [0.5, 0.6) is 0 Å². The molecule has 0 saturated carbocycles. The Balaban J connectivity index is 2.08. The molecule has 7 heteroatoms. The Morgan fingerprint density at radius 2 is 2.30 bits per heavy atom. The lowest BCUT2D eigenvalue weighted by Crippen LogP contribution is -2.04. The number of hydrogen-bond acceptors (Lipinski definition) is 4. The number of hydrogen-bond donors (Lipinski definition) is 2. The third kappa shape index (κ3) is 3.33. The minimum Gasteiger partial charge on any atom is -0.478 e. The Morgan fingerprint density at radius 1 is 1.50 bits per heavy atom. The van der Waals surface area contributed by atoms with E-state index in [1.807, 2.05) is 0 Å². The van der Waals surface area contributed by atoms with E-state index in [1.54, 1.807) is 24.2 Å². The van der Waals surface area contributed by atoms with Gasteiger partial charge in [0.1, 0.15) is 5.82 Å². The number of anilines is 2. The van der Waals surface area contributed by atoms with E-state index in [0.29, 0.717) is 24.5 Å². The van der Waals surface area contributed by atoms with Crippen molar-refractivity contribution >= 4 is 17.3 Å². The molecule has 0 bridgehead atoms. The fourth-order valence-corrected chi connectivity index (χ4v) is 1.67. The molecule has 106 valence electrons. The number of carboxylic acid groups (broad SMARTS) is 1. The Labute approximate surface area is 114 Å².